The fraction of sp³-hybridized carbons (Fsp3) is 0.300. The number of amides is 1. The third kappa shape index (κ3) is 3.60. The molecule has 8 heteroatoms. The van der Waals surface area contributed by atoms with Crippen LogP contribution in [0.2, 0.25) is 0 Å². The van der Waals surface area contributed by atoms with E-state index < -0.39 is 0 Å². The molecule has 4 rings (SSSR count). The van der Waals surface area contributed by atoms with Crippen molar-refractivity contribution < 1.29 is 4.79 Å². The highest BCUT2D eigenvalue weighted by atomic mass is 16.2. The third-order valence-electron chi connectivity index (χ3n) is 4.81. The summed E-state index contributed by atoms with van der Waals surface area (Å²) in [5.41, 5.74) is 0.958. The highest BCUT2D eigenvalue weighted by molar-refractivity contribution is 5.94. The van der Waals surface area contributed by atoms with Gasteiger partial charge in [-0.05, 0) is 49.9 Å². The smallest absolute Gasteiger partial charge is 0.254 e. The van der Waals surface area contributed by atoms with Crippen molar-refractivity contribution in [1.29, 1.82) is 5.26 Å². The lowest BCUT2D eigenvalue weighted by molar-refractivity contribution is 0.0670. The van der Waals surface area contributed by atoms with Crippen LogP contribution in [0.4, 0.5) is 0 Å². The van der Waals surface area contributed by atoms with Gasteiger partial charge in [-0.15, -0.1) is 0 Å². The molecule has 3 aromatic rings. The van der Waals surface area contributed by atoms with Gasteiger partial charge in [0, 0.05) is 24.5 Å². The summed E-state index contributed by atoms with van der Waals surface area (Å²) < 4.78 is 1.56. The van der Waals surface area contributed by atoms with E-state index in [0.717, 1.165) is 12.8 Å². The molecule has 0 N–H and O–H groups in total. The summed E-state index contributed by atoms with van der Waals surface area (Å²) in [6.45, 7) is 2.57. The number of benzene rings is 1. The quantitative estimate of drug-likeness (QED) is 0.658. The van der Waals surface area contributed by atoms with Crippen LogP contribution in [0.25, 0.3) is 5.95 Å². The first-order valence-corrected chi connectivity index (χ1v) is 9.16. The van der Waals surface area contributed by atoms with Crippen molar-refractivity contribution in [2.24, 2.45) is 5.92 Å². The fourth-order valence-corrected chi connectivity index (χ4v) is 3.11. The molecule has 8 nitrogen and oxygen atoms in total. The van der Waals surface area contributed by atoms with Crippen molar-refractivity contribution >= 4 is 5.91 Å². The number of hydrogen-bond acceptors (Lipinski definition) is 6. The molecule has 0 spiro atoms. The number of carbonyl (C=O) groups is 1. The molecule has 0 bridgehead atoms. The van der Waals surface area contributed by atoms with E-state index in [4.69, 9.17) is 5.26 Å². The van der Waals surface area contributed by atoms with Crippen LogP contribution in [0.5, 0.6) is 0 Å². The number of nitrogens with zero attached hydrogens (tertiary/aromatic N) is 7. The first-order valence-electron chi connectivity index (χ1n) is 9.16. The summed E-state index contributed by atoms with van der Waals surface area (Å²) in [7, 11) is 0. The summed E-state index contributed by atoms with van der Waals surface area (Å²) in [5, 5.41) is 13.4. The van der Waals surface area contributed by atoms with Crippen LogP contribution >= 0.6 is 0 Å². The number of aromatic nitrogens is 5. The molecule has 0 radical (unpaired) electrons. The summed E-state index contributed by atoms with van der Waals surface area (Å²) in [5.74, 6) is 1.37. The van der Waals surface area contributed by atoms with Gasteiger partial charge in [0.15, 0.2) is 5.82 Å². The average molecular weight is 373 g/mol. The van der Waals surface area contributed by atoms with Crippen molar-refractivity contribution in [3.8, 4) is 12.0 Å². The maximum absolute atomic E-state index is 13.3. The van der Waals surface area contributed by atoms with Crippen LogP contribution in [0, 0.1) is 17.2 Å². The normalized spacial score (nSPS) is 14.3. The number of nitriles is 1. The van der Waals surface area contributed by atoms with Gasteiger partial charge >= 0.3 is 0 Å². The Labute approximate surface area is 162 Å². The molecular formula is C20H19N7O. The van der Waals surface area contributed by atoms with Crippen molar-refractivity contribution in [3.05, 3.63) is 66.0 Å². The van der Waals surface area contributed by atoms with Crippen molar-refractivity contribution in [1.82, 2.24) is 29.6 Å². The topological polar surface area (TPSA) is 101 Å². The number of rotatable bonds is 6. The Morgan fingerprint density at radius 2 is 2.07 bits per heavy atom. The van der Waals surface area contributed by atoms with Gasteiger partial charge in [-0.1, -0.05) is 6.07 Å². The van der Waals surface area contributed by atoms with Gasteiger partial charge in [0.2, 0.25) is 0 Å². The van der Waals surface area contributed by atoms with Gasteiger partial charge in [0.05, 0.1) is 17.7 Å². The summed E-state index contributed by atoms with van der Waals surface area (Å²) >= 11 is 0. The first-order chi connectivity index (χ1) is 13.7. The molecule has 1 amide bonds. The lowest BCUT2D eigenvalue weighted by atomic mass is 10.1. The minimum atomic E-state index is -0.329. The Morgan fingerprint density at radius 3 is 2.79 bits per heavy atom. The maximum atomic E-state index is 13.3. The number of carbonyl (C=O) groups excluding carboxylic acids is 1. The highest BCUT2D eigenvalue weighted by Gasteiger charge is 2.33. The van der Waals surface area contributed by atoms with Gasteiger partial charge in [0.1, 0.15) is 6.33 Å². The molecule has 1 aromatic carbocycles. The van der Waals surface area contributed by atoms with E-state index in [-0.39, 0.29) is 11.9 Å². The van der Waals surface area contributed by atoms with Crippen molar-refractivity contribution in [2.45, 2.75) is 25.8 Å². The zero-order valence-electron chi connectivity index (χ0n) is 15.4. The van der Waals surface area contributed by atoms with E-state index in [1.54, 1.807) is 52.3 Å². The summed E-state index contributed by atoms with van der Waals surface area (Å²) in [6.07, 6.45) is 6.95. The molecule has 1 fully saturated rings. The molecule has 1 aliphatic rings. The molecule has 28 heavy (non-hydrogen) atoms. The number of hydrogen-bond donors (Lipinski definition) is 0. The molecular weight excluding hydrogens is 354 g/mol. The third-order valence-corrected chi connectivity index (χ3v) is 4.81. The molecule has 1 unspecified atom stereocenters. The van der Waals surface area contributed by atoms with Crippen LogP contribution in [-0.2, 0) is 0 Å². The monoisotopic (exact) mass is 373 g/mol. The molecule has 140 valence electrons. The zero-order chi connectivity index (χ0) is 19.5. The van der Waals surface area contributed by atoms with Crippen LogP contribution < -0.4 is 0 Å². The minimum absolute atomic E-state index is 0.125. The van der Waals surface area contributed by atoms with Crippen LogP contribution in [-0.4, -0.2) is 42.1 Å². The van der Waals surface area contributed by atoms with Crippen LogP contribution in [0.15, 0.2) is 49.1 Å². The van der Waals surface area contributed by atoms with Crippen molar-refractivity contribution in [3.63, 3.8) is 0 Å². The minimum Gasteiger partial charge on any atom is -0.328 e. The Hall–Kier alpha value is -3.60. The predicted molar refractivity (Wildman–Crippen MR) is 100 cm³/mol. The molecule has 0 saturated heterocycles. The second kappa shape index (κ2) is 7.56. The SMILES string of the molecule is CC(c1ncnn1-c1ncccn1)N(CC1CC1)C(=O)c1cccc(C#N)c1. The molecule has 1 atom stereocenters. The second-order valence-corrected chi connectivity index (χ2v) is 6.85. The van der Waals surface area contributed by atoms with Gasteiger partial charge in [0.25, 0.3) is 11.9 Å². The van der Waals surface area contributed by atoms with Crippen LogP contribution in [0.3, 0.4) is 0 Å². The zero-order valence-corrected chi connectivity index (χ0v) is 15.4. The largest absolute Gasteiger partial charge is 0.328 e. The van der Waals surface area contributed by atoms with E-state index in [9.17, 15) is 4.79 Å². The van der Waals surface area contributed by atoms with Crippen molar-refractivity contribution in [2.75, 3.05) is 6.54 Å². The van der Waals surface area contributed by atoms with Crippen LogP contribution in [0.1, 0.15) is 47.6 Å². The molecule has 0 aliphatic heterocycles. The Balaban J connectivity index is 1.67. The highest BCUT2D eigenvalue weighted by Crippen LogP contribution is 2.33. The van der Waals surface area contributed by atoms with E-state index >= 15 is 0 Å². The van der Waals surface area contributed by atoms with Gasteiger partial charge < -0.3 is 4.90 Å². The molecule has 2 heterocycles. The van der Waals surface area contributed by atoms with Gasteiger partial charge in [-0.3, -0.25) is 4.79 Å². The fourth-order valence-electron chi connectivity index (χ4n) is 3.11. The molecule has 2 aromatic heterocycles. The molecule has 1 aliphatic carbocycles. The van der Waals surface area contributed by atoms with E-state index in [0.29, 0.717) is 35.4 Å². The Morgan fingerprint density at radius 1 is 1.29 bits per heavy atom. The lowest BCUT2D eigenvalue weighted by Crippen LogP contribution is -2.36. The predicted octanol–water partition coefficient (Wildman–Crippen LogP) is 2.54. The van der Waals surface area contributed by atoms with E-state index in [1.165, 1.54) is 6.33 Å². The second-order valence-electron chi connectivity index (χ2n) is 6.85. The lowest BCUT2D eigenvalue weighted by Gasteiger charge is -2.29. The summed E-state index contributed by atoms with van der Waals surface area (Å²) in [6, 6.07) is 10.3. The van der Waals surface area contributed by atoms with Gasteiger partial charge in [-0.2, -0.15) is 15.0 Å². The summed E-state index contributed by atoms with van der Waals surface area (Å²) in [4.78, 5) is 27.9. The molecule has 1 saturated carbocycles. The average Bonchev–Trinajstić information content (AvgIpc) is 3.44. The van der Waals surface area contributed by atoms with E-state index in [2.05, 4.69) is 26.1 Å². The standard InChI is InChI=1S/C20H19N7O/c1-14(18-24-13-25-27(18)20-22-8-3-9-23-20)26(12-15-6-7-15)19(28)17-5-2-4-16(10-17)11-21/h2-5,8-10,13-15H,6-7,12H2,1H3. The maximum Gasteiger partial charge on any atom is 0.254 e. The first kappa shape index (κ1) is 17.8. The Kier molecular flexibility index (Phi) is 4.81. The van der Waals surface area contributed by atoms with E-state index in [1.807, 2.05) is 6.92 Å². The van der Waals surface area contributed by atoms with Gasteiger partial charge in [-0.25, -0.2) is 15.0 Å². The Bertz CT molecular complexity index is 1020.